The minimum absolute atomic E-state index is 0.234. The molecule has 0 amide bonds. The summed E-state index contributed by atoms with van der Waals surface area (Å²) in [6, 6.07) is 0.409. The van der Waals surface area contributed by atoms with Crippen molar-refractivity contribution in [2.24, 2.45) is 0 Å². The fourth-order valence-electron chi connectivity index (χ4n) is 2.18. The Labute approximate surface area is 91.8 Å². The smallest absolute Gasteiger partial charge is 0.303 e. The van der Waals surface area contributed by atoms with Crippen LogP contribution in [-0.4, -0.2) is 36.1 Å². The standard InChI is InChI=1S/C12H19NO2/c1-5-6-12(15-11(3)14)7-8-13(4)10(2)9-12/h1,10H,6-9H2,2-4H3. The Kier molecular flexibility index (Phi) is 3.76. The van der Waals surface area contributed by atoms with E-state index in [-0.39, 0.29) is 5.97 Å². The second-order valence-corrected chi connectivity index (χ2v) is 4.44. The van der Waals surface area contributed by atoms with Crippen molar-refractivity contribution in [1.82, 2.24) is 4.90 Å². The summed E-state index contributed by atoms with van der Waals surface area (Å²) >= 11 is 0. The Bertz CT molecular complexity index is 282. The summed E-state index contributed by atoms with van der Waals surface area (Å²) in [6.07, 6.45) is 7.52. The van der Waals surface area contributed by atoms with E-state index in [9.17, 15) is 4.79 Å². The van der Waals surface area contributed by atoms with Crippen molar-refractivity contribution in [3.05, 3.63) is 0 Å². The van der Waals surface area contributed by atoms with Crippen LogP contribution in [0.4, 0.5) is 0 Å². The molecule has 0 N–H and O–H groups in total. The van der Waals surface area contributed by atoms with Crippen LogP contribution in [0.3, 0.4) is 0 Å². The Balaban J connectivity index is 2.74. The molecule has 1 rings (SSSR count). The maximum Gasteiger partial charge on any atom is 0.303 e. The Morgan fingerprint density at radius 1 is 1.73 bits per heavy atom. The molecule has 0 aromatic rings. The maximum atomic E-state index is 11.1. The molecule has 1 saturated heterocycles. The summed E-state index contributed by atoms with van der Waals surface area (Å²) in [7, 11) is 2.08. The van der Waals surface area contributed by atoms with Crippen LogP contribution in [0.1, 0.15) is 33.1 Å². The largest absolute Gasteiger partial charge is 0.458 e. The van der Waals surface area contributed by atoms with Crippen molar-refractivity contribution in [2.75, 3.05) is 13.6 Å². The van der Waals surface area contributed by atoms with E-state index in [0.717, 1.165) is 19.4 Å². The second-order valence-electron chi connectivity index (χ2n) is 4.44. The molecule has 1 fully saturated rings. The second kappa shape index (κ2) is 4.67. The lowest BCUT2D eigenvalue weighted by Crippen LogP contribution is -2.49. The molecular formula is C12H19NO2. The van der Waals surface area contributed by atoms with Gasteiger partial charge in [-0.05, 0) is 14.0 Å². The monoisotopic (exact) mass is 209 g/mol. The molecule has 0 saturated carbocycles. The van der Waals surface area contributed by atoms with Gasteiger partial charge in [-0.3, -0.25) is 4.79 Å². The van der Waals surface area contributed by atoms with Crippen molar-refractivity contribution in [1.29, 1.82) is 0 Å². The molecule has 0 bridgehead atoms. The van der Waals surface area contributed by atoms with Crippen LogP contribution in [0.25, 0.3) is 0 Å². The van der Waals surface area contributed by atoms with E-state index in [2.05, 4.69) is 24.8 Å². The van der Waals surface area contributed by atoms with Gasteiger partial charge in [-0.1, -0.05) is 0 Å². The predicted octanol–water partition coefficient (Wildman–Crippen LogP) is 1.43. The number of hydrogen-bond acceptors (Lipinski definition) is 3. The molecule has 0 aliphatic carbocycles. The van der Waals surface area contributed by atoms with Crippen molar-refractivity contribution in [2.45, 2.75) is 44.8 Å². The third-order valence-electron chi connectivity index (χ3n) is 3.12. The predicted molar refractivity (Wildman–Crippen MR) is 59.3 cm³/mol. The zero-order valence-electron chi connectivity index (χ0n) is 9.75. The number of carbonyl (C=O) groups excluding carboxylic acids is 1. The highest BCUT2D eigenvalue weighted by Gasteiger charge is 2.39. The highest BCUT2D eigenvalue weighted by molar-refractivity contribution is 5.66. The summed E-state index contributed by atoms with van der Waals surface area (Å²) < 4.78 is 5.43. The lowest BCUT2D eigenvalue weighted by atomic mass is 9.84. The van der Waals surface area contributed by atoms with Crippen LogP contribution < -0.4 is 0 Å². The third kappa shape index (κ3) is 2.97. The first-order valence-corrected chi connectivity index (χ1v) is 5.32. The minimum Gasteiger partial charge on any atom is -0.458 e. The van der Waals surface area contributed by atoms with Gasteiger partial charge in [0.05, 0.1) is 0 Å². The molecular weight excluding hydrogens is 190 g/mol. The fourth-order valence-corrected chi connectivity index (χ4v) is 2.18. The summed E-state index contributed by atoms with van der Waals surface area (Å²) in [5.41, 5.74) is -0.424. The van der Waals surface area contributed by atoms with Crippen molar-refractivity contribution in [3.63, 3.8) is 0 Å². The van der Waals surface area contributed by atoms with E-state index in [1.807, 2.05) is 0 Å². The Hall–Kier alpha value is -1.01. The number of piperidine rings is 1. The number of esters is 1. The van der Waals surface area contributed by atoms with E-state index < -0.39 is 5.60 Å². The van der Waals surface area contributed by atoms with Gasteiger partial charge in [-0.2, -0.15) is 0 Å². The number of hydrogen-bond donors (Lipinski definition) is 0. The van der Waals surface area contributed by atoms with E-state index in [1.54, 1.807) is 0 Å². The SMILES string of the molecule is C#CCC1(OC(C)=O)CCN(C)C(C)C1. The number of carbonyl (C=O) groups is 1. The first kappa shape index (κ1) is 12.1. The first-order chi connectivity index (χ1) is 6.99. The maximum absolute atomic E-state index is 11.1. The van der Waals surface area contributed by atoms with Crippen LogP contribution in [-0.2, 0) is 9.53 Å². The van der Waals surface area contributed by atoms with Gasteiger partial charge < -0.3 is 9.64 Å². The Morgan fingerprint density at radius 2 is 2.40 bits per heavy atom. The molecule has 2 atom stereocenters. The highest BCUT2D eigenvalue weighted by atomic mass is 16.6. The summed E-state index contributed by atoms with van der Waals surface area (Å²) in [5, 5.41) is 0. The fraction of sp³-hybridized carbons (Fsp3) is 0.750. The lowest BCUT2D eigenvalue weighted by molar-refractivity contribution is -0.163. The molecule has 15 heavy (non-hydrogen) atoms. The summed E-state index contributed by atoms with van der Waals surface area (Å²) in [4.78, 5) is 13.3. The molecule has 3 nitrogen and oxygen atoms in total. The van der Waals surface area contributed by atoms with Crippen LogP contribution >= 0.6 is 0 Å². The number of ether oxygens (including phenoxy) is 1. The van der Waals surface area contributed by atoms with Crippen LogP contribution in [0, 0.1) is 12.3 Å². The molecule has 0 spiro atoms. The molecule has 0 aromatic carbocycles. The zero-order valence-corrected chi connectivity index (χ0v) is 9.75. The van der Waals surface area contributed by atoms with Gasteiger partial charge >= 0.3 is 5.97 Å². The van der Waals surface area contributed by atoms with E-state index in [4.69, 9.17) is 11.2 Å². The normalized spacial score (nSPS) is 32.0. The molecule has 0 aromatic heterocycles. The number of likely N-dealkylation sites (tertiary alicyclic amines) is 1. The average Bonchev–Trinajstić information content (AvgIpc) is 2.11. The molecule has 84 valence electrons. The van der Waals surface area contributed by atoms with Crippen LogP contribution in [0.5, 0.6) is 0 Å². The van der Waals surface area contributed by atoms with E-state index >= 15 is 0 Å². The zero-order chi connectivity index (χ0) is 11.5. The van der Waals surface area contributed by atoms with Gasteiger partial charge in [-0.25, -0.2) is 0 Å². The number of terminal acetylenes is 1. The number of rotatable bonds is 2. The van der Waals surface area contributed by atoms with Gasteiger partial charge in [0.2, 0.25) is 0 Å². The highest BCUT2D eigenvalue weighted by Crippen LogP contribution is 2.32. The van der Waals surface area contributed by atoms with Crippen LogP contribution in [0.15, 0.2) is 0 Å². The van der Waals surface area contributed by atoms with Gasteiger partial charge in [0.1, 0.15) is 5.60 Å². The van der Waals surface area contributed by atoms with Crippen molar-refractivity contribution >= 4 is 5.97 Å². The lowest BCUT2D eigenvalue weighted by Gasteiger charge is -2.42. The molecule has 2 unspecified atom stereocenters. The molecule has 3 heteroatoms. The topological polar surface area (TPSA) is 29.5 Å². The van der Waals surface area contributed by atoms with E-state index in [0.29, 0.717) is 12.5 Å². The molecule has 1 aliphatic rings. The van der Waals surface area contributed by atoms with E-state index in [1.165, 1.54) is 6.92 Å². The first-order valence-electron chi connectivity index (χ1n) is 5.32. The van der Waals surface area contributed by atoms with Gasteiger partial charge in [0.25, 0.3) is 0 Å². The van der Waals surface area contributed by atoms with Crippen LogP contribution in [0.2, 0.25) is 0 Å². The number of nitrogens with zero attached hydrogens (tertiary/aromatic N) is 1. The third-order valence-corrected chi connectivity index (χ3v) is 3.12. The molecule has 1 heterocycles. The van der Waals surface area contributed by atoms with Gasteiger partial charge in [0.15, 0.2) is 0 Å². The summed E-state index contributed by atoms with van der Waals surface area (Å²) in [5.74, 6) is 2.39. The van der Waals surface area contributed by atoms with Crippen molar-refractivity contribution in [3.8, 4) is 12.3 Å². The van der Waals surface area contributed by atoms with Gasteiger partial charge in [-0.15, -0.1) is 12.3 Å². The minimum atomic E-state index is -0.424. The average molecular weight is 209 g/mol. The molecule has 0 radical (unpaired) electrons. The van der Waals surface area contributed by atoms with Gasteiger partial charge in [0, 0.05) is 38.8 Å². The quantitative estimate of drug-likeness (QED) is 0.509. The molecule has 1 aliphatic heterocycles. The summed E-state index contributed by atoms with van der Waals surface area (Å²) in [6.45, 7) is 4.51. The Morgan fingerprint density at radius 3 is 2.87 bits per heavy atom. The van der Waals surface area contributed by atoms with Crippen molar-refractivity contribution < 1.29 is 9.53 Å².